The van der Waals surface area contributed by atoms with Crippen molar-refractivity contribution >= 4 is 11.9 Å². The molecule has 0 amide bonds. The number of ether oxygens (including phenoxy) is 1. The predicted octanol–water partition coefficient (Wildman–Crippen LogP) is 1.81. The topological polar surface area (TPSA) is 57.2 Å². The van der Waals surface area contributed by atoms with Gasteiger partial charge in [0.1, 0.15) is 0 Å². The van der Waals surface area contributed by atoms with Crippen molar-refractivity contribution in [1.82, 2.24) is 15.1 Å². The summed E-state index contributed by atoms with van der Waals surface area (Å²) >= 11 is 0. The first-order chi connectivity index (χ1) is 12.0. The number of rotatable bonds is 6. The number of piperidine rings is 1. The molecule has 2 heterocycles. The summed E-state index contributed by atoms with van der Waals surface area (Å²) in [4.78, 5) is 21.0. The third kappa shape index (κ3) is 5.87. The van der Waals surface area contributed by atoms with E-state index in [1.807, 2.05) is 7.05 Å². The van der Waals surface area contributed by atoms with E-state index in [0.29, 0.717) is 12.5 Å². The number of likely N-dealkylation sites (tertiary alicyclic amines) is 2. The van der Waals surface area contributed by atoms with Gasteiger partial charge in [0.05, 0.1) is 13.0 Å². The minimum atomic E-state index is -0.110. The van der Waals surface area contributed by atoms with Gasteiger partial charge in [0.2, 0.25) is 0 Å². The van der Waals surface area contributed by atoms with E-state index in [1.165, 1.54) is 46.0 Å². The Bertz CT molecular complexity index is 455. The number of aliphatic imine (C=N–C) groups is 1. The Labute approximate surface area is 153 Å². The van der Waals surface area contributed by atoms with Crippen LogP contribution < -0.4 is 5.32 Å². The number of hydrogen-bond donors (Lipinski definition) is 1. The van der Waals surface area contributed by atoms with Gasteiger partial charge < -0.3 is 19.9 Å². The Morgan fingerprint density at radius 2 is 2.04 bits per heavy atom. The van der Waals surface area contributed by atoms with Crippen molar-refractivity contribution in [3.05, 3.63) is 0 Å². The van der Waals surface area contributed by atoms with Gasteiger partial charge in [-0.3, -0.25) is 9.79 Å². The molecule has 0 aromatic heterocycles. The van der Waals surface area contributed by atoms with Crippen LogP contribution in [0, 0.1) is 17.8 Å². The van der Waals surface area contributed by atoms with Crippen LogP contribution in [0.4, 0.5) is 0 Å². The molecule has 0 aromatic carbocycles. The number of esters is 1. The molecule has 0 aromatic rings. The highest BCUT2D eigenvalue weighted by molar-refractivity contribution is 5.82. The number of guanidine groups is 1. The van der Waals surface area contributed by atoms with Crippen molar-refractivity contribution in [2.45, 2.75) is 39.5 Å². The van der Waals surface area contributed by atoms with Crippen molar-refractivity contribution in [2.75, 3.05) is 53.4 Å². The van der Waals surface area contributed by atoms with E-state index < -0.39 is 0 Å². The molecule has 0 bridgehead atoms. The second-order valence-electron chi connectivity index (χ2n) is 7.74. The minimum absolute atomic E-state index is 0.0513. The summed E-state index contributed by atoms with van der Waals surface area (Å²) in [6.07, 6.45) is 5.10. The van der Waals surface area contributed by atoms with Crippen molar-refractivity contribution in [3.8, 4) is 0 Å². The molecule has 25 heavy (non-hydrogen) atoms. The van der Waals surface area contributed by atoms with E-state index in [4.69, 9.17) is 4.74 Å². The van der Waals surface area contributed by atoms with E-state index >= 15 is 0 Å². The average Bonchev–Trinajstić information content (AvgIpc) is 2.99. The van der Waals surface area contributed by atoms with Gasteiger partial charge in [0.25, 0.3) is 0 Å². The van der Waals surface area contributed by atoms with E-state index in [-0.39, 0.29) is 11.9 Å². The van der Waals surface area contributed by atoms with E-state index in [9.17, 15) is 4.79 Å². The molecule has 0 saturated carbocycles. The molecular formula is C19H36N4O2. The molecule has 0 radical (unpaired) electrons. The predicted molar refractivity (Wildman–Crippen MR) is 102 cm³/mol. The first kappa shape index (κ1) is 20.0. The third-order valence-electron chi connectivity index (χ3n) is 5.55. The molecular weight excluding hydrogens is 316 g/mol. The largest absolute Gasteiger partial charge is 0.469 e. The standard InChI is InChI=1S/C19H36N4O2/c1-15-8-7-11-22(12-15)10-6-5-9-21-19(20-3)23-13-16(2)17(14-23)18(24)25-4/h15-17H,5-14H2,1-4H3,(H,20,21). The van der Waals surface area contributed by atoms with Gasteiger partial charge in [0.15, 0.2) is 5.96 Å². The summed E-state index contributed by atoms with van der Waals surface area (Å²) in [5, 5.41) is 3.46. The maximum atomic E-state index is 11.8. The van der Waals surface area contributed by atoms with Gasteiger partial charge in [-0.1, -0.05) is 13.8 Å². The Hall–Kier alpha value is -1.30. The van der Waals surface area contributed by atoms with Gasteiger partial charge in [0, 0.05) is 33.2 Å². The SMILES string of the molecule is CN=C(NCCCCN1CCCC(C)C1)N1CC(C)C(C(=O)OC)C1. The monoisotopic (exact) mass is 352 g/mol. The first-order valence-electron chi connectivity index (χ1n) is 9.81. The highest BCUT2D eigenvalue weighted by Crippen LogP contribution is 2.24. The fraction of sp³-hybridized carbons (Fsp3) is 0.895. The van der Waals surface area contributed by atoms with Gasteiger partial charge in [-0.15, -0.1) is 0 Å². The summed E-state index contributed by atoms with van der Waals surface area (Å²) < 4.78 is 4.91. The van der Waals surface area contributed by atoms with Crippen LogP contribution in [0.15, 0.2) is 4.99 Å². The molecule has 3 unspecified atom stereocenters. The van der Waals surface area contributed by atoms with Crippen molar-refractivity contribution in [2.24, 2.45) is 22.7 Å². The van der Waals surface area contributed by atoms with E-state index in [2.05, 4.69) is 34.0 Å². The Morgan fingerprint density at radius 3 is 2.72 bits per heavy atom. The van der Waals surface area contributed by atoms with Crippen LogP contribution in [0.25, 0.3) is 0 Å². The fourth-order valence-corrected chi connectivity index (χ4v) is 4.08. The Kier molecular flexibility index (Phi) is 8.00. The lowest BCUT2D eigenvalue weighted by atomic mass is 9.99. The molecule has 0 spiro atoms. The second kappa shape index (κ2) is 10.00. The number of methoxy groups -OCH3 is 1. The zero-order chi connectivity index (χ0) is 18.2. The number of unbranched alkanes of at least 4 members (excludes halogenated alkanes) is 1. The third-order valence-corrected chi connectivity index (χ3v) is 5.55. The van der Waals surface area contributed by atoms with Crippen molar-refractivity contribution < 1.29 is 9.53 Å². The molecule has 2 aliphatic rings. The van der Waals surface area contributed by atoms with Crippen LogP contribution in [-0.2, 0) is 9.53 Å². The number of carbonyl (C=O) groups is 1. The highest BCUT2D eigenvalue weighted by atomic mass is 16.5. The number of hydrogen-bond acceptors (Lipinski definition) is 4. The van der Waals surface area contributed by atoms with E-state index in [1.54, 1.807) is 0 Å². The molecule has 3 atom stereocenters. The van der Waals surface area contributed by atoms with Crippen LogP contribution >= 0.6 is 0 Å². The van der Waals surface area contributed by atoms with Crippen LogP contribution in [0.3, 0.4) is 0 Å². The smallest absolute Gasteiger partial charge is 0.310 e. The van der Waals surface area contributed by atoms with Gasteiger partial charge in [-0.2, -0.15) is 0 Å². The summed E-state index contributed by atoms with van der Waals surface area (Å²) in [5.41, 5.74) is 0. The van der Waals surface area contributed by atoms with Gasteiger partial charge in [-0.05, 0) is 50.6 Å². The first-order valence-corrected chi connectivity index (χ1v) is 9.81. The second-order valence-corrected chi connectivity index (χ2v) is 7.74. The zero-order valence-corrected chi connectivity index (χ0v) is 16.5. The lowest BCUT2D eigenvalue weighted by Crippen LogP contribution is -2.41. The van der Waals surface area contributed by atoms with Gasteiger partial charge >= 0.3 is 5.97 Å². The molecule has 6 heteroatoms. The summed E-state index contributed by atoms with van der Waals surface area (Å²) in [6, 6.07) is 0. The quantitative estimate of drug-likeness (QED) is 0.342. The van der Waals surface area contributed by atoms with Crippen LogP contribution in [0.5, 0.6) is 0 Å². The number of nitrogens with zero attached hydrogens (tertiary/aromatic N) is 3. The molecule has 0 aliphatic carbocycles. The number of carbonyl (C=O) groups excluding carboxylic acids is 1. The number of nitrogens with one attached hydrogen (secondary N) is 1. The zero-order valence-electron chi connectivity index (χ0n) is 16.5. The molecule has 2 aliphatic heterocycles. The molecule has 2 saturated heterocycles. The highest BCUT2D eigenvalue weighted by Gasteiger charge is 2.36. The van der Waals surface area contributed by atoms with Crippen LogP contribution in [-0.4, -0.2) is 75.2 Å². The normalized spacial score (nSPS) is 28.2. The fourth-order valence-electron chi connectivity index (χ4n) is 4.08. The summed E-state index contributed by atoms with van der Waals surface area (Å²) in [7, 11) is 3.28. The summed E-state index contributed by atoms with van der Waals surface area (Å²) in [5.74, 6) is 1.90. The van der Waals surface area contributed by atoms with Gasteiger partial charge in [-0.25, -0.2) is 0 Å². The van der Waals surface area contributed by atoms with Crippen molar-refractivity contribution in [1.29, 1.82) is 0 Å². The Balaban J connectivity index is 1.66. The van der Waals surface area contributed by atoms with E-state index in [0.717, 1.165) is 31.4 Å². The molecule has 144 valence electrons. The minimum Gasteiger partial charge on any atom is -0.469 e. The molecule has 2 fully saturated rings. The molecule has 1 N–H and O–H groups in total. The average molecular weight is 353 g/mol. The molecule has 6 nitrogen and oxygen atoms in total. The molecule has 2 rings (SSSR count). The lowest BCUT2D eigenvalue weighted by molar-refractivity contribution is -0.145. The Morgan fingerprint density at radius 1 is 1.24 bits per heavy atom. The van der Waals surface area contributed by atoms with Crippen LogP contribution in [0.2, 0.25) is 0 Å². The maximum absolute atomic E-state index is 11.8. The lowest BCUT2D eigenvalue weighted by Gasteiger charge is -2.30. The maximum Gasteiger partial charge on any atom is 0.310 e. The van der Waals surface area contributed by atoms with Crippen LogP contribution in [0.1, 0.15) is 39.5 Å². The van der Waals surface area contributed by atoms with Crippen molar-refractivity contribution in [3.63, 3.8) is 0 Å². The summed E-state index contributed by atoms with van der Waals surface area (Å²) in [6.45, 7) is 10.7.